The molecule has 2 N–H and O–H groups in total. The van der Waals surface area contributed by atoms with Crippen LogP contribution in [0.1, 0.15) is 29.9 Å². The van der Waals surface area contributed by atoms with Crippen molar-refractivity contribution in [2.75, 3.05) is 5.73 Å². The molecule has 3 rings (SSSR count). The van der Waals surface area contributed by atoms with E-state index in [9.17, 15) is 4.79 Å². The minimum absolute atomic E-state index is 0.137. The lowest BCUT2D eigenvalue weighted by atomic mass is 10.1. The summed E-state index contributed by atoms with van der Waals surface area (Å²) in [4.78, 5) is 19.4. The largest absolute Gasteiger partial charge is 0.368 e. The van der Waals surface area contributed by atoms with E-state index in [1.165, 1.54) is 10.9 Å². The molecule has 2 heterocycles. The first-order chi connectivity index (χ1) is 10.6. The van der Waals surface area contributed by atoms with Gasteiger partial charge in [0.2, 0.25) is 5.95 Å². The smallest absolute Gasteiger partial charge is 0.273 e. The van der Waals surface area contributed by atoms with E-state index < -0.39 is 5.24 Å². The van der Waals surface area contributed by atoms with Gasteiger partial charge in [-0.2, -0.15) is 10.1 Å². The third-order valence-electron chi connectivity index (χ3n) is 2.90. The molecular formula is C15H16ClN5O. The van der Waals surface area contributed by atoms with E-state index in [2.05, 4.69) is 15.1 Å². The van der Waals surface area contributed by atoms with Gasteiger partial charge in [0.05, 0.1) is 5.52 Å². The number of halogens is 1. The number of nitrogens with zero attached hydrogens (tertiary/aromatic N) is 4. The summed E-state index contributed by atoms with van der Waals surface area (Å²) >= 11 is 5.58. The van der Waals surface area contributed by atoms with Crippen molar-refractivity contribution in [1.82, 2.24) is 19.7 Å². The summed E-state index contributed by atoms with van der Waals surface area (Å²) in [5.41, 5.74) is 7.55. The zero-order valence-corrected chi connectivity index (χ0v) is 13.3. The zero-order chi connectivity index (χ0) is 16.3. The van der Waals surface area contributed by atoms with Crippen molar-refractivity contribution in [3.8, 4) is 5.82 Å². The molecule has 114 valence electrons. The van der Waals surface area contributed by atoms with Crippen molar-refractivity contribution in [1.29, 1.82) is 0 Å². The second-order valence-corrected chi connectivity index (χ2v) is 4.67. The molecule has 0 unspecified atom stereocenters. The average Bonchev–Trinajstić information content (AvgIpc) is 2.88. The summed E-state index contributed by atoms with van der Waals surface area (Å²) in [6.07, 6.45) is 1.53. The lowest BCUT2D eigenvalue weighted by Crippen LogP contribution is -2.04. The summed E-state index contributed by atoms with van der Waals surface area (Å²) in [5.74, 6) is 0.620. The Morgan fingerprint density at radius 2 is 2.00 bits per heavy atom. The summed E-state index contributed by atoms with van der Waals surface area (Å²) in [6.45, 7) is 5.95. The van der Waals surface area contributed by atoms with Crippen LogP contribution in [-0.2, 0) is 0 Å². The molecule has 0 bridgehead atoms. The van der Waals surface area contributed by atoms with Crippen LogP contribution in [0.15, 0.2) is 30.5 Å². The Morgan fingerprint density at radius 1 is 1.27 bits per heavy atom. The molecule has 0 amide bonds. The lowest BCUT2D eigenvalue weighted by Gasteiger charge is -2.03. The maximum atomic E-state index is 11.5. The van der Waals surface area contributed by atoms with E-state index in [0.717, 1.165) is 11.1 Å². The summed E-state index contributed by atoms with van der Waals surface area (Å²) in [7, 11) is 0. The number of hydrogen-bond acceptors (Lipinski definition) is 5. The van der Waals surface area contributed by atoms with Crippen molar-refractivity contribution in [3.63, 3.8) is 0 Å². The third kappa shape index (κ3) is 2.92. The van der Waals surface area contributed by atoms with Crippen LogP contribution in [0.4, 0.5) is 5.95 Å². The maximum Gasteiger partial charge on any atom is 0.273 e. The van der Waals surface area contributed by atoms with Crippen LogP contribution in [0, 0.1) is 6.92 Å². The number of nitrogen functional groups attached to an aromatic ring is 1. The molecule has 7 heteroatoms. The Kier molecular flexibility index (Phi) is 4.72. The van der Waals surface area contributed by atoms with E-state index in [4.69, 9.17) is 17.3 Å². The fraction of sp³-hybridized carbons (Fsp3) is 0.200. The van der Waals surface area contributed by atoms with Crippen LogP contribution in [-0.4, -0.2) is 25.0 Å². The molecule has 0 spiro atoms. The monoisotopic (exact) mass is 317 g/mol. The number of benzene rings is 1. The fourth-order valence-electron chi connectivity index (χ4n) is 2.03. The van der Waals surface area contributed by atoms with Gasteiger partial charge in [-0.05, 0) is 30.2 Å². The highest BCUT2D eigenvalue weighted by Crippen LogP contribution is 2.23. The van der Waals surface area contributed by atoms with Gasteiger partial charge in [-0.1, -0.05) is 26.0 Å². The molecule has 0 aliphatic carbocycles. The first-order valence-corrected chi connectivity index (χ1v) is 7.22. The zero-order valence-electron chi connectivity index (χ0n) is 12.5. The Hall–Kier alpha value is -2.47. The van der Waals surface area contributed by atoms with E-state index in [0.29, 0.717) is 11.2 Å². The van der Waals surface area contributed by atoms with Gasteiger partial charge in [-0.3, -0.25) is 4.79 Å². The molecular weight excluding hydrogens is 302 g/mol. The minimum Gasteiger partial charge on any atom is -0.368 e. The van der Waals surface area contributed by atoms with Gasteiger partial charge in [0.1, 0.15) is 0 Å². The van der Waals surface area contributed by atoms with Crippen molar-refractivity contribution >= 4 is 33.7 Å². The number of aromatic nitrogens is 4. The number of rotatable bonds is 2. The van der Waals surface area contributed by atoms with Crippen molar-refractivity contribution in [2.45, 2.75) is 20.8 Å². The van der Waals surface area contributed by atoms with E-state index in [1.54, 1.807) is 6.07 Å². The number of anilines is 1. The van der Waals surface area contributed by atoms with Crippen molar-refractivity contribution < 1.29 is 4.79 Å². The summed E-state index contributed by atoms with van der Waals surface area (Å²) in [5, 5.41) is 4.29. The van der Waals surface area contributed by atoms with Crippen molar-refractivity contribution in [3.05, 3.63) is 41.7 Å². The van der Waals surface area contributed by atoms with Gasteiger partial charge in [-0.25, -0.2) is 9.67 Å². The average molecular weight is 318 g/mol. The minimum atomic E-state index is -0.611. The Labute approximate surface area is 132 Å². The van der Waals surface area contributed by atoms with Crippen LogP contribution in [0.2, 0.25) is 0 Å². The number of carbonyl (C=O) groups excluding carboxylic acids is 1. The summed E-state index contributed by atoms with van der Waals surface area (Å²) < 4.78 is 1.54. The topological polar surface area (TPSA) is 86.7 Å². The molecule has 2 aromatic heterocycles. The van der Waals surface area contributed by atoms with Crippen LogP contribution in [0.5, 0.6) is 0 Å². The lowest BCUT2D eigenvalue weighted by molar-refractivity contribution is 0.107. The quantitative estimate of drug-likeness (QED) is 0.734. The first kappa shape index (κ1) is 15.9. The molecule has 6 nitrogen and oxygen atoms in total. The molecule has 0 aliphatic rings. The fourth-order valence-corrected chi connectivity index (χ4v) is 2.17. The van der Waals surface area contributed by atoms with E-state index in [1.807, 2.05) is 39.0 Å². The highest BCUT2D eigenvalue weighted by molar-refractivity contribution is 6.68. The van der Waals surface area contributed by atoms with Crippen LogP contribution < -0.4 is 5.73 Å². The normalized spacial score (nSPS) is 10.2. The number of nitrogens with two attached hydrogens (primary N) is 1. The predicted molar refractivity (Wildman–Crippen MR) is 87.3 cm³/mol. The van der Waals surface area contributed by atoms with Crippen LogP contribution in [0.25, 0.3) is 16.7 Å². The molecule has 0 aliphatic heterocycles. The van der Waals surface area contributed by atoms with Crippen LogP contribution >= 0.6 is 11.6 Å². The second kappa shape index (κ2) is 6.53. The molecule has 1 aromatic carbocycles. The maximum absolute atomic E-state index is 11.5. The Bertz CT molecular complexity index is 828. The van der Waals surface area contributed by atoms with Gasteiger partial charge in [0.25, 0.3) is 5.24 Å². The molecule has 3 aromatic rings. The third-order valence-corrected chi connectivity index (χ3v) is 3.08. The molecule has 0 radical (unpaired) electrons. The van der Waals surface area contributed by atoms with E-state index in [-0.39, 0.29) is 11.6 Å². The number of fused-ring (bicyclic) bond motifs is 1. The van der Waals surface area contributed by atoms with Crippen LogP contribution in [0.3, 0.4) is 0 Å². The van der Waals surface area contributed by atoms with E-state index >= 15 is 0 Å². The SMILES string of the molecule is CC.Cc1ccc2c(C(=O)Cl)nn(-c3ccnc(N)n3)c2c1. The number of aryl methyl sites for hydroxylation is 1. The molecule has 0 atom stereocenters. The van der Waals surface area contributed by atoms with Gasteiger partial charge in [0.15, 0.2) is 11.5 Å². The molecule has 0 fully saturated rings. The summed E-state index contributed by atoms with van der Waals surface area (Å²) in [6, 6.07) is 7.28. The molecule has 0 saturated carbocycles. The van der Waals surface area contributed by atoms with Crippen molar-refractivity contribution in [2.24, 2.45) is 0 Å². The highest BCUT2D eigenvalue weighted by atomic mass is 35.5. The Morgan fingerprint density at radius 3 is 2.64 bits per heavy atom. The second-order valence-electron chi connectivity index (χ2n) is 4.33. The standard InChI is InChI=1S/C13H10ClN5O.C2H6/c1-7-2-3-8-9(6-7)19(18-11(8)12(14)20)10-4-5-16-13(15)17-10;1-2/h2-6H,1H3,(H2,15,16,17);1-2H3. The number of hydrogen-bond donors (Lipinski definition) is 1. The van der Waals surface area contributed by atoms with Gasteiger partial charge in [0, 0.05) is 17.6 Å². The molecule has 0 saturated heterocycles. The predicted octanol–water partition coefficient (Wildman–Crippen LogP) is 3.11. The molecule has 22 heavy (non-hydrogen) atoms. The van der Waals surface area contributed by atoms with Gasteiger partial charge in [-0.15, -0.1) is 0 Å². The first-order valence-electron chi connectivity index (χ1n) is 6.84. The number of carbonyl (C=O) groups is 1. The van der Waals surface area contributed by atoms with Gasteiger partial charge < -0.3 is 5.73 Å². The Balaban J connectivity index is 0.000000847. The highest BCUT2D eigenvalue weighted by Gasteiger charge is 2.17. The van der Waals surface area contributed by atoms with Gasteiger partial charge >= 0.3 is 0 Å².